The van der Waals surface area contributed by atoms with Crippen molar-refractivity contribution in [1.82, 2.24) is 9.78 Å². The minimum Gasteiger partial charge on any atom is -0.392 e. The van der Waals surface area contributed by atoms with Crippen LogP contribution in [0.2, 0.25) is 0 Å². The maximum Gasteiger partial charge on any atom is 0.0687 e. The molecule has 0 saturated heterocycles. The molecule has 0 bridgehead atoms. The highest BCUT2D eigenvalue weighted by molar-refractivity contribution is 5.85. The Morgan fingerprint density at radius 1 is 1.29 bits per heavy atom. The van der Waals surface area contributed by atoms with E-state index in [0.29, 0.717) is 13.1 Å². The van der Waals surface area contributed by atoms with E-state index in [1.54, 1.807) is 6.20 Å². The standard InChI is InChI=1S/C12H15N3O.ClH/c13-5-6-15-8-11(7-14-15)12-4-2-1-3-10(12)9-16;/h1-4,7-8,16H,5-6,9,13H2;1H. The molecule has 1 heterocycles. The third-order valence-corrected chi connectivity index (χ3v) is 2.49. The quantitative estimate of drug-likeness (QED) is 0.866. The number of hydrogen-bond donors (Lipinski definition) is 2. The number of nitrogens with zero attached hydrogens (tertiary/aromatic N) is 2. The molecule has 0 aliphatic carbocycles. The van der Waals surface area contributed by atoms with Crippen molar-refractivity contribution in [2.45, 2.75) is 13.2 Å². The van der Waals surface area contributed by atoms with Crippen molar-refractivity contribution in [1.29, 1.82) is 0 Å². The Kier molecular flexibility index (Phi) is 5.15. The van der Waals surface area contributed by atoms with Gasteiger partial charge in [-0.05, 0) is 11.1 Å². The summed E-state index contributed by atoms with van der Waals surface area (Å²) in [6, 6.07) is 7.76. The molecule has 0 aliphatic heterocycles. The zero-order valence-electron chi connectivity index (χ0n) is 9.41. The summed E-state index contributed by atoms with van der Waals surface area (Å²) < 4.78 is 1.81. The van der Waals surface area contributed by atoms with Crippen LogP contribution in [0.4, 0.5) is 0 Å². The first-order valence-corrected chi connectivity index (χ1v) is 5.27. The van der Waals surface area contributed by atoms with Crippen molar-refractivity contribution in [3.63, 3.8) is 0 Å². The largest absolute Gasteiger partial charge is 0.392 e. The van der Waals surface area contributed by atoms with Gasteiger partial charge in [0.15, 0.2) is 0 Å². The van der Waals surface area contributed by atoms with Gasteiger partial charge in [-0.2, -0.15) is 5.10 Å². The molecular formula is C12H16ClN3O. The summed E-state index contributed by atoms with van der Waals surface area (Å²) >= 11 is 0. The Morgan fingerprint density at radius 3 is 2.76 bits per heavy atom. The maximum absolute atomic E-state index is 9.24. The van der Waals surface area contributed by atoms with Crippen molar-refractivity contribution in [2.24, 2.45) is 5.73 Å². The van der Waals surface area contributed by atoms with Crippen LogP contribution < -0.4 is 5.73 Å². The Labute approximate surface area is 106 Å². The van der Waals surface area contributed by atoms with Crippen molar-refractivity contribution in [2.75, 3.05) is 6.54 Å². The molecule has 0 saturated carbocycles. The lowest BCUT2D eigenvalue weighted by atomic mass is 10.0. The normalized spacial score (nSPS) is 10.0. The fraction of sp³-hybridized carbons (Fsp3) is 0.250. The molecule has 0 radical (unpaired) electrons. The predicted octanol–water partition coefficient (Wildman–Crippen LogP) is 1.42. The number of benzene rings is 1. The van der Waals surface area contributed by atoms with Gasteiger partial charge in [0, 0.05) is 18.3 Å². The van der Waals surface area contributed by atoms with Crippen LogP contribution in [0.15, 0.2) is 36.7 Å². The van der Waals surface area contributed by atoms with Crippen LogP contribution in [0, 0.1) is 0 Å². The fourth-order valence-corrected chi connectivity index (χ4v) is 1.70. The Bertz CT molecular complexity index is 470. The molecule has 3 N–H and O–H groups in total. The van der Waals surface area contributed by atoms with E-state index in [4.69, 9.17) is 5.73 Å². The van der Waals surface area contributed by atoms with E-state index >= 15 is 0 Å². The molecule has 4 nitrogen and oxygen atoms in total. The third-order valence-electron chi connectivity index (χ3n) is 2.49. The molecule has 17 heavy (non-hydrogen) atoms. The lowest BCUT2D eigenvalue weighted by Gasteiger charge is -2.03. The van der Waals surface area contributed by atoms with Crippen molar-refractivity contribution < 1.29 is 5.11 Å². The van der Waals surface area contributed by atoms with Gasteiger partial charge in [-0.3, -0.25) is 4.68 Å². The van der Waals surface area contributed by atoms with Gasteiger partial charge in [-0.15, -0.1) is 12.4 Å². The number of aliphatic hydroxyl groups is 1. The summed E-state index contributed by atoms with van der Waals surface area (Å²) in [5.41, 5.74) is 8.41. The Morgan fingerprint density at radius 2 is 2.06 bits per heavy atom. The Hall–Kier alpha value is -1.36. The summed E-state index contributed by atoms with van der Waals surface area (Å²) in [4.78, 5) is 0. The lowest BCUT2D eigenvalue weighted by molar-refractivity contribution is 0.282. The summed E-state index contributed by atoms with van der Waals surface area (Å²) in [6.07, 6.45) is 3.74. The number of halogens is 1. The average molecular weight is 254 g/mol. The number of nitrogens with two attached hydrogens (primary N) is 1. The lowest BCUT2D eigenvalue weighted by Crippen LogP contribution is -2.09. The maximum atomic E-state index is 9.24. The highest BCUT2D eigenvalue weighted by atomic mass is 35.5. The number of aliphatic hydroxyl groups excluding tert-OH is 1. The van der Waals surface area contributed by atoms with E-state index in [2.05, 4.69) is 5.10 Å². The second-order valence-corrected chi connectivity index (χ2v) is 3.60. The van der Waals surface area contributed by atoms with Gasteiger partial charge in [-0.1, -0.05) is 24.3 Å². The molecule has 2 aromatic rings. The van der Waals surface area contributed by atoms with Gasteiger partial charge in [0.05, 0.1) is 19.3 Å². The summed E-state index contributed by atoms with van der Waals surface area (Å²) in [5, 5.41) is 13.5. The molecule has 5 heteroatoms. The van der Waals surface area contributed by atoms with E-state index in [0.717, 1.165) is 16.7 Å². The molecule has 0 atom stereocenters. The first-order valence-electron chi connectivity index (χ1n) is 5.27. The summed E-state index contributed by atoms with van der Waals surface area (Å²) in [5.74, 6) is 0. The van der Waals surface area contributed by atoms with Crippen molar-refractivity contribution in [3.05, 3.63) is 42.2 Å². The van der Waals surface area contributed by atoms with Crippen molar-refractivity contribution >= 4 is 12.4 Å². The minimum atomic E-state index is 0. The van der Waals surface area contributed by atoms with Crippen LogP contribution in [-0.2, 0) is 13.2 Å². The molecule has 1 aromatic carbocycles. The zero-order valence-corrected chi connectivity index (χ0v) is 10.2. The molecule has 0 amide bonds. The number of hydrogen-bond acceptors (Lipinski definition) is 3. The molecule has 0 spiro atoms. The summed E-state index contributed by atoms with van der Waals surface area (Å²) in [7, 11) is 0. The van der Waals surface area contributed by atoms with Gasteiger partial charge in [-0.25, -0.2) is 0 Å². The second-order valence-electron chi connectivity index (χ2n) is 3.60. The van der Waals surface area contributed by atoms with E-state index in [9.17, 15) is 5.11 Å². The average Bonchev–Trinajstić information content (AvgIpc) is 2.78. The SMILES string of the molecule is Cl.NCCn1cc(-c2ccccc2CO)cn1. The van der Waals surface area contributed by atoms with Gasteiger partial charge in [0.1, 0.15) is 0 Å². The number of rotatable bonds is 4. The van der Waals surface area contributed by atoms with Crippen LogP contribution in [0.5, 0.6) is 0 Å². The number of aromatic nitrogens is 2. The van der Waals surface area contributed by atoms with Crippen LogP contribution >= 0.6 is 12.4 Å². The third kappa shape index (κ3) is 3.06. The molecular weight excluding hydrogens is 238 g/mol. The van der Waals surface area contributed by atoms with E-state index < -0.39 is 0 Å². The monoisotopic (exact) mass is 253 g/mol. The predicted molar refractivity (Wildman–Crippen MR) is 69.9 cm³/mol. The van der Waals surface area contributed by atoms with E-state index in [1.807, 2.05) is 35.1 Å². The summed E-state index contributed by atoms with van der Waals surface area (Å²) in [6.45, 7) is 1.32. The van der Waals surface area contributed by atoms with Gasteiger partial charge in [0.2, 0.25) is 0 Å². The highest BCUT2D eigenvalue weighted by Gasteiger charge is 2.05. The first kappa shape index (κ1) is 13.7. The van der Waals surface area contributed by atoms with Gasteiger partial charge in [0.25, 0.3) is 0 Å². The van der Waals surface area contributed by atoms with Crippen molar-refractivity contribution in [3.8, 4) is 11.1 Å². The van der Waals surface area contributed by atoms with Gasteiger partial charge >= 0.3 is 0 Å². The smallest absolute Gasteiger partial charge is 0.0687 e. The second kappa shape index (κ2) is 6.39. The van der Waals surface area contributed by atoms with E-state index in [-0.39, 0.29) is 19.0 Å². The zero-order chi connectivity index (χ0) is 11.4. The van der Waals surface area contributed by atoms with Crippen LogP contribution in [-0.4, -0.2) is 21.4 Å². The van der Waals surface area contributed by atoms with Gasteiger partial charge < -0.3 is 10.8 Å². The molecule has 92 valence electrons. The minimum absolute atomic E-state index is 0. The first-order chi connectivity index (χ1) is 7.85. The highest BCUT2D eigenvalue weighted by Crippen LogP contribution is 2.22. The molecule has 0 aliphatic rings. The molecule has 0 unspecified atom stereocenters. The molecule has 2 rings (SSSR count). The van der Waals surface area contributed by atoms with Crippen LogP contribution in [0.1, 0.15) is 5.56 Å². The topological polar surface area (TPSA) is 64.1 Å². The molecule has 0 fully saturated rings. The van der Waals surface area contributed by atoms with Crippen LogP contribution in [0.25, 0.3) is 11.1 Å². The molecule has 1 aromatic heterocycles. The van der Waals surface area contributed by atoms with E-state index in [1.165, 1.54) is 0 Å². The Balaban J connectivity index is 0.00000144. The van der Waals surface area contributed by atoms with Crippen LogP contribution in [0.3, 0.4) is 0 Å². The fourth-order valence-electron chi connectivity index (χ4n) is 1.70.